The summed E-state index contributed by atoms with van der Waals surface area (Å²) in [6, 6.07) is 4.07. The number of nitrogens with zero attached hydrogens (tertiary/aromatic N) is 2. The van der Waals surface area contributed by atoms with Gasteiger partial charge < -0.3 is 9.84 Å². The Hall–Kier alpha value is -2.89. The van der Waals surface area contributed by atoms with E-state index >= 15 is 0 Å². The summed E-state index contributed by atoms with van der Waals surface area (Å²) in [6.45, 7) is 5.79. The van der Waals surface area contributed by atoms with E-state index in [0.29, 0.717) is 17.0 Å². The molecular weight excluding hydrogens is 323 g/mol. The lowest BCUT2D eigenvalue weighted by Crippen LogP contribution is -2.20. The van der Waals surface area contributed by atoms with Gasteiger partial charge >= 0.3 is 0 Å². The first-order valence-electron chi connectivity index (χ1n) is 7.92. The lowest BCUT2D eigenvalue weighted by molar-refractivity contribution is 0.397. The SMILES string of the molecule is COc1cc(-n2cc(C(C)C)c3cc(O)c(F)cc3c2=O)c(C)cn1. The Labute approximate surface area is 144 Å². The third-order valence-corrected chi connectivity index (χ3v) is 4.26. The topological polar surface area (TPSA) is 64.3 Å². The molecule has 2 heterocycles. The molecule has 5 nitrogen and oxygen atoms in total. The molecule has 2 aromatic heterocycles. The van der Waals surface area contributed by atoms with Crippen LogP contribution >= 0.6 is 0 Å². The van der Waals surface area contributed by atoms with E-state index in [1.807, 2.05) is 20.8 Å². The molecule has 0 bridgehead atoms. The van der Waals surface area contributed by atoms with Crippen LogP contribution in [0.3, 0.4) is 0 Å². The molecule has 25 heavy (non-hydrogen) atoms. The standard InChI is InChI=1S/C19H19FN2O3/c1-10(2)14-9-22(16-7-18(25-4)21-8-11(16)3)19(24)13-5-15(20)17(23)6-12(13)14/h5-10,23H,1-4H3. The van der Waals surface area contributed by atoms with Crippen LogP contribution in [0.5, 0.6) is 11.6 Å². The van der Waals surface area contributed by atoms with Crippen LogP contribution in [0.1, 0.15) is 30.9 Å². The smallest absolute Gasteiger partial charge is 0.263 e. The number of aryl methyl sites for hydroxylation is 1. The van der Waals surface area contributed by atoms with Gasteiger partial charge in [0.1, 0.15) is 0 Å². The minimum atomic E-state index is -0.818. The molecule has 0 amide bonds. The number of aromatic hydroxyl groups is 1. The van der Waals surface area contributed by atoms with E-state index in [1.165, 1.54) is 17.7 Å². The van der Waals surface area contributed by atoms with Crippen molar-refractivity contribution in [3.05, 3.63) is 57.9 Å². The highest BCUT2D eigenvalue weighted by atomic mass is 19.1. The van der Waals surface area contributed by atoms with Gasteiger partial charge in [0.05, 0.1) is 18.2 Å². The molecule has 6 heteroatoms. The van der Waals surface area contributed by atoms with Gasteiger partial charge in [-0.1, -0.05) is 13.8 Å². The number of hydrogen-bond acceptors (Lipinski definition) is 4. The summed E-state index contributed by atoms with van der Waals surface area (Å²) in [6.07, 6.45) is 3.35. The summed E-state index contributed by atoms with van der Waals surface area (Å²) in [5.74, 6) is -0.826. The Bertz CT molecular complexity index is 1030. The van der Waals surface area contributed by atoms with E-state index in [2.05, 4.69) is 4.98 Å². The molecule has 3 aromatic rings. The summed E-state index contributed by atoms with van der Waals surface area (Å²) in [4.78, 5) is 17.1. The number of aromatic nitrogens is 2. The van der Waals surface area contributed by atoms with E-state index in [1.54, 1.807) is 18.5 Å². The zero-order chi connectivity index (χ0) is 18.3. The molecule has 1 aromatic carbocycles. The number of phenols is 1. The zero-order valence-electron chi connectivity index (χ0n) is 14.5. The van der Waals surface area contributed by atoms with Crippen LogP contribution in [0.25, 0.3) is 16.5 Å². The molecule has 0 atom stereocenters. The largest absolute Gasteiger partial charge is 0.505 e. The average molecular weight is 342 g/mol. The van der Waals surface area contributed by atoms with Crippen molar-refractivity contribution in [3.8, 4) is 17.3 Å². The normalized spacial score (nSPS) is 11.3. The summed E-state index contributed by atoms with van der Waals surface area (Å²) < 4.78 is 20.5. The molecule has 0 unspecified atom stereocenters. The molecule has 0 aliphatic heterocycles. The molecular formula is C19H19FN2O3. The molecule has 0 saturated heterocycles. The number of benzene rings is 1. The predicted molar refractivity (Wildman–Crippen MR) is 94.3 cm³/mol. The molecule has 3 rings (SSSR count). The number of methoxy groups -OCH3 is 1. The first-order valence-corrected chi connectivity index (χ1v) is 7.92. The molecule has 1 N–H and O–H groups in total. The number of rotatable bonds is 3. The maximum atomic E-state index is 13.9. The summed E-state index contributed by atoms with van der Waals surface area (Å²) in [7, 11) is 1.50. The Balaban J connectivity index is 2.43. The third kappa shape index (κ3) is 2.84. The quantitative estimate of drug-likeness (QED) is 0.789. The van der Waals surface area contributed by atoms with E-state index in [0.717, 1.165) is 17.2 Å². The van der Waals surface area contributed by atoms with E-state index in [-0.39, 0.29) is 16.9 Å². The van der Waals surface area contributed by atoms with Gasteiger partial charge in [-0.2, -0.15) is 0 Å². The van der Waals surface area contributed by atoms with Crippen LogP contribution in [0.4, 0.5) is 4.39 Å². The minimum Gasteiger partial charge on any atom is -0.505 e. The number of halogens is 1. The van der Waals surface area contributed by atoms with Crippen molar-refractivity contribution in [1.82, 2.24) is 9.55 Å². The van der Waals surface area contributed by atoms with Gasteiger partial charge in [-0.05, 0) is 41.5 Å². The zero-order valence-corrected chi connectivity index (χ0v) is 14.5. The summed E-state index contributed by atoms with van der Waals surface area (Å²) in [5, 5.41) is 10.5. The molecule has 0 aliphatic rings. The Morgan fingerprint density at radius 2 is 1.96 bits per heavy atom. The number of phenolic OH excluding ortho intramolecular Hbond substituents is 1. The second-order valence-electron chi connectivity index (χ2n) is 6.28. The monoisotopic (exact) mass is 342 g/mol. The van der Waals surface area contributed by atoms with Crippen molar-refractivity contribution in [2.45, 2.75) is 26.7 Å². The van der Waals surface area contributed by atoms with Gasteiger partial charge in [0.2, 0.25) is 5.88 Å². The van der Waals surface area contributed by atoms with Crippen molar-refractivity contribution < 1.29 is 14.2 Å². The van der Waals surface area contributed by atoms with Crippen LogP contribution in [-0.2, 0) is 0 Å². The third-order valence-electron chi connectivity index (χ3n) is 4.26. The van der Waals surface area contributed by atoms with Gasteiger partial charge in [-0.25, -0.2) is 9.37 Å². The summed E-state index contributed by atoms with van der Waals surface area (Å²) in [5.41, 5.74) is 1.88. The lowest BCUT2D eigenvalue weighted by atomic mass is 9.98. The molecule has 0 fully saturated rings. The van der Waals surface area contributed by atoms with Crippen LogP contribution in [0.2, 0.25) is 0 Å². The van der Waals surface area contributed by atoms with Crippen molar-refractivity contribution in [2.24, 2.45) is 0 Å². The Kier molecular flexibility index (Phi) is 4.20. The lowest BCUT2D eigenvalue weighted by Gasteiger charge is -2.17. The molecule has 0 spiro atoms. The van der Waals surface area contributed by atoms with Crippen LogP contribution < -0.4 is 10.3 Å². The van der Waals surface area contributed by atoms with Crippen LogP contribution in [0, 0.1) is 12.7 Å². The minimum absolute atomic E-state index is 0.0725. The predicted octanol–water partition coefficient (Wildman–Crippen LogP) is 3.67. The highest BCUT2D eigenvalue weighted by Gasteiger charge is 2.17. The van der Waals surface area contributed by atoms with Gasteiger partial charge in [0.15, 0.2) is 11.6 Å². The van der Waals surface area contributed by atoms with E-state index in [9.17, 15) is 14.3 Å². The van der Waals surface area contributed by atoms with Crippen molar-refractivity contribution >= 4 is 10.8 Å². The second kappa shape index (κ2) is 6.20. The number of pyridine rings is 2. The Morgan fingerprint density at radius 1 is 1.24 bits per heavy atom. The average Bonchev–Trinajstić information content (AvgIpc) is 2.57. The fourth-order valence-electron chi connectivity index (χ4n) is 2.88. The maximum absolute atomic E-state index is 13.9. The maximum Gasteiger partial charge on any atom is 0.263 e. The van der Waals surface area contributed by atoms with Gasteiger partial charge in [0, 0.05) is 18.5 Å². The van der Waals surface area contributed by atoms with Gasteiger partial charge in [-0.3, -0.25) is 9.36 Å². The fraction of sp³-hybridized carbons (Fsp3) is 0.263. The number of fused-ring (bicyclic) bond motifs is 1. The van der Waals surface area contributed by atoms with Crippen molar-refractivity contribution in [2.75, 3.05) is 7.11 Å². The summed E-state index contributed by atoms with van der Waals surface area (Å²) >= 11 is 0. The highest BCUT2D eigenvalue weighted by Crippen LogP contribution is 2.29. The molecule has 0 radical (unpaired) electrons. The van der Waals surface area contributed by atoms with Gasteiger partial charge in [0.25, 0.3) is 5.56 Å². The first kappa shape index (κ1) is 17.0. The van der Waals surface area contributed by atoms with Crippen LogP contribution in [-0.4, -0.2) is 21.8 Å². The van der Waals surface area contributed by atoms with Crippen molar-refractivity contribution in [3.63, 3.8) is 0 Å². The molecule has 0 aliphatic carbocycles. The first-order chi connectivity index (χ1) is 11.8. The molecule has 0 saturated carbocycles. The van der Waals surface area contributed by atoms with Crippen molar-refractivity contribution in [1.29, 1.82) is 0 Å². The second-order valence-corrected chi connectivity index (χ2v) is 6.28. The number of ether oxygens (including phenoxy) is 1. The highest BCUT2D eigenvalue weighted by molar-refractivity contribution is 5.87. The molecule has 130 valence electrons. The van der Waals surface area contributed by atoms with E-state index in [4.69, 9.17) is 4.74 Å². The fourth-order valence-corrected chi connectivity index (χ4v) is 2.88. The van der Waals surface area contributed by atoms with Gasteiger partial charge in [-0.15, -0.1) is 0 Å². The Morgan fingerprint density at radius 3 is 2.60 bits per heavy atom. The van der Waals surface area contributed by atoms with E-state index < -0.39 is 11.6 Å². The van der Waals surface area contributed by atoms with Crippen LogP contribution in [0.15, 0.2) is 35.4 Å². The number of hydrogen-bond donors (Lipinski definition) is 1.